The van der Waals surface area contributed by atoms with Gasteiger partial charge in [-0.25, -0.2) is 0 Å². The van der Waals surface area contributed by atoms with Gasteiger partial charge in [-0.15, -0.1) is 0 Å². The van der Waals surface area contributed by atoms with Gasteiger partial charge in [-0.05, 0) is 37.8 Å². The average Bonchev–Trinajstić information content (AvgIpc) is 2.64. The van der Waals surface area contributed by atoms with Crippen molar-refractivity contribution in [1.82, 2.24) is 10.6 Å². The lowest BCUT2D eigenvalue weighted by Gasteiger charge is -2.22. The van der Waals surface area contributed by atoms with E-state index in [1.165, 1.54) is 77.3 Å². The SMILES string of the molecule is CCCCCCC(CNCC(C)C)SSC(CCCCCC)CNCC(C)C. The van der Waals surface area contributed by atoms with Crippen molar-refractivity contribution in [3.05, 3.63) is 0 Å². The van der Waals surface area contributed by atoms with Crippen LogP contribution in [-0.2, 0) is 0 Å². The van der Waals surface area contributed by atoms with Crippen LogP contribution in [0.3, 0.4) is 0 Å². The lowest BCUT2D eigenvalue weighted by atomic mass is 10.1. The fourth-order valence-corrected chi connectivity index (χ4v) is 6.33. The number of rotatable bonds is 21. The summed E-state index contributed by atoms with van der Waals surface area (Å²) in [6.07, 6.45) is 13.8. The summed E-state index contributed by atoms with van der Waals surface area (Å²) in [7, 11) is 4.35. The lowest BCUT2D eigenvalue weighted by molar-refractivity contribution is 0.528. The summed E-state index contributed by atoms with van der Waals surface area (Å²) in [5.41, 5.74) is 0. The van der Waals surface area contributed by atoms with E-state index in [-0.39, 0.29) is 0 Å². The van der Waals surface area contributed by atoms with Gasteiger partial charge in [0.25, 0.3) is 0 Å². The highest BCUT2D eigenvalue weighted by atomic mass is 33.1. The third-order valence-corrected chi connectivity index (χ3v) is 8.36. The summed E-state index contributed by atoms with van der Waals surface area (Å²) in [5.74, 6) is 1.48. The molecule has 0 aromatic heterocycles. The van der Waals surface area contributed by atoms with Crippen molar-refractivity contribution in [2.24, 2.45) is 11.8 Å². The van der Waals surface area contributed by atoms with Crippen LogP contribution in [0.2, 0.25) is 0 Å². The van der Waals surface area contributed by atoms with E-state index in [0.29, 0.717) is 0 Å². The topological polar surface area (TPSA) is 24.1 Å². The van der Waals surface area contributed by atoms with Crippen LogP contribution in [0.5, 0.6) is 0 Å². The Morgan fingerprint density at radius 3 is 1.25 bits per heavy atom. The Hall–Kier alpha value is 0.620. The van der Waals surface area contributed by atoms with Crippen LogP contribution >= 0.6 is 21.6 Å². The molecule has 0 heterocycles. The van der Waals surface area contributed by atoms with Gasteiger partial charge in [-0.2, -0.15) is 0 Å². The third kappa shape index (κ3) is 19.9. The zero-order chi connectivity index (χ0) is 21.0. The van der Waals surface area contributed by atoms with Gasteiger partial charge < -0.3 is 10.6 Å². The van der Waals surface area contributed by atoms with Crippen molar-refractivity contribution >= 4 is 21.6 Å². The largest absolute Gasteiger partial charge is 0.315 e. The highest BCUT2D eigenvalue weighted by Gasteiger charge is 2.15. The first-order valence-electron chi connectivity index (χ1n) is 12.2. The zero-order valence-corrected chi connectivity index (χ0v) is 21.7. The Kier molecular flexibility index (Phi) is 21.3. The summed E-state index contributed by atoms with van der Waals surface area (Å²) in [6, 6.07) is 0. The molecule has 4 heteroatoms. The van der Waals surface area contributed by atoms with Crippen LogP contribution in [0.4, 0.5) is 0 Å². The predicted octanol–water partition coefficient (Wildman–Crippen LogP) is 7.54. The second-order valence-corrected chi connectivity index (χ2v) is 12.1. The molecule has 0 aromatic carbocycles. The van der Waals surface area contributed by atoms with Crippen LogP contribution in [0, 0.1) is 11.8 Å². The molecule has 0 aliphatic heterocycles. The monoisotopic (exact) mass is 432 g/mol. The maximum Gasteiger partial charge on any atom is 0.0276 e. The minimum atomic E-state index is 0.741. The standard InChI is InChI=1S/C24H52N2S2/c1-7-9-11-13-15-23(19-25-17-21(3)4)27-28-24(16-14-12-10-8-2)20-26-18-22(5)6/h21-26H,7-20H2,1-6H3. The Labute approximate surface area is 186 Å². The Balaban J connectivity index is 4.41. The molecule has 0 spiro atoms. The van der Waals surface area contributed by atoms with Crippen LogP contribution < -0.4 is 10.6 Å². The number of hydrogen-bond acceptors (Lipinski definition) is 4. The molecule has 0 aromatic rings. The third-order valence-electron chi connectivity index (χ3n) is 4.94. The smallest absolute Gasteiger partial charge is 0.0276 e. The van der Waals surface area contributed by atoms with Gasteiger partial charge in [0.2, 0.25) is 0 Å². The lowest BCUT2D eigenvalue weighted by Crippen LogP contribution is -2.29. The molecule has 0 bridgehead atoms. The van der Waals surface area contributed by atoms with Crippen LogP contribution in [0.25, 0.3) is 0 Å². The van der Waals surface area contributed by atoms with Crippen molar-refractivity contribution in [2.75, 3.05) is 26.2 Å². The fraction of sp³-hybridized carbons (Fsp3) is 1.00. The van der Waals surface area contributed by atoms with Gasteiger partial charge in [0.15, 0.2) is 0 Å². The van der Waals surface area contributed by atoms with Crippen molar-refractivity contribution in [3.63, 3.8) is 0 Å². The van der Waals surface area contributed by atoms with E-state index >= 15 is 0 Å². The van der Waals surface area contributed by atoms with Gasteiger partial charge in [0.05, 0.1) is 0 Å². The normalized spacial score (nSPS) is 14.1. The number of nitrogens with one attached hydrogen (secondary N) is 2. The Morgan fingerprint density at radius 1 is 0.536 bits per heavy atom. The Morgan fingerprint density at radius 2 is 0.929 bits per heavy atom. The molecular weight excluding hydrogens is 380 g/mol. The van der Waals surface area contributed by atoms with Crippen molar-refractivity contribution in [2.45, 2.75) is 116 Å². The highest BCUT2D eigenvalue weighted by molar-refractivity contribution is 8.77. The summed E-state index contributed by atoms with van der Waals surface area (Å²) in [4.78, 5) is 0. The maximum atomic E-state index is 3.72. The highest BCUT2D eigenvalue weighted by Crippen LogP contribution is 2.35. The summed E-state index contributed by atoms with van der Waals surface area (Å²) < 4.78 is 0. The van der Waals surface area contributed by atoms with Crippen LogP contribution in [0.1, 0.15) is 106 Å². The van der Waals surface area contributed by atoms with Crippen molar-refractivity contribution in [1.29, 1.82) is 0 Å². The van der Waals surface area contributed by atoms with E-state index in [1.807, 2.05) is 0 Å². The van der Waals surface area contributed by atoms with Gasteiger partial charge >= 0.3 is 0 Å². The van der Waals surface area contributed by atoms with Gasteiger partial charge in [-0.3, -0.25) is 0 Å². The quantitative estimate of drug-likeness (QED) is 0.144. The van der Waals surface area contributed by atoms with Gasteiger partial charge in [-0.1, -0.05) is 114 Å². The second-order valence-electron chi connectivity index (χ2n) is 9.24. The van der Waals surface area contributed by atoms with Crippen LogP contribution in [0.15, 0.2) is 0 Å². The van der Waals surface area contributed by atoms with E-state index in [9.17, 15) is 0 Å². The molecular formula is C24H52N2S2. The van der Waals surface area contributed by atoms with Gasteiger partial charge in [0, 0.05) is 23.6 Å². The molecule has 2 N–H and O–H groups in total. The summed E-state index contributed by atoms with van der Waals surface area (Å²) in [5, 5.41) is 8.94. The molecule has 0 rings (SSSR count). The zero-order valence-electron chi connectivity index (χ0n) is 20.0. The van der Waals surface area contributed by atoms with E-state index in [1.54, 1.807) is 0 Å². The second kappa shape index (κ2) is 20.9. The van der Waals surface area contributed by atoms with E-state index in [4.69, 9.17) is 0 Å². The summed E-state index contributed by atoms with van der Waals surface area (Å²) >= 11 is 0. The molecule has 0 radical (unpaired) electrons. The minimum absolute atomic E-state index is 0.741. The molecule has 28 heavy (non-hydrogen) atoms. The molecule has 2 nitrogen and oxygen atoms in total. The van der Waals surface area contributed by atoms with Crippen molar-refractivity contribution < 1.29 is 0 Å². The van der Waals surface area contributed by atoms with Crippen molar-refractivity contribution in [3.8, 4) is 0 Å². The predicted molar refractivity (Wildman–Crippen MR) is 136 cm³/mol. The molecule has 0 aliphatic carbocycles. The minimum Gasteiger partial charge on any atom is -0.315 e. The molecule has 0 fully saturated rings. The van der Waals surface area contributed by atoms with Gasteiger partial charge in [0.1, 0.15) is 0 Å². The molecule has 0 aliphatic rings. The molecule has 0 saturated heterocycles. The molecule has 170 valence electrons. The first-order chi connectivity index (χ1) is 13.5. The number of hydrogen-bond donors (Lipinski definition) is 2. The maximum absolute atomic E-state index is 3.72. The molecule has 2 unspecified atom stereocenters. The molecule has 0 amide bonds. The molecule has 2 atom stereocenters. The van der Waals surface area contributed by atoms with E-state index in [0.717, 1.165) is 35.4 Å². The first-order valence-corrected chi connectivity index (χ1v) is 14.5. The van der Waals surface area contributed by atoms with Crippen LogP contribution in [-0.4, -0.2) is 36.7 Å². The van der Waals surface area contributed by atoms with E-state index in [2.05, 4.69) is 73.8 Å². The molecule has 0 saturated carbocycles. The average molecular weight is 433 g/mol. The summed E-state index contributed by atoms with van der Waals surface area (Å²) in [6.45, 7) is 18.5. The Bertz CT molecular complexity index is 281. The first kappa shape index (κ1) is 28.6. The fourth-order valence-electron chi connectivity index (χ4n) is 3.19. The number of unbranched alkanes of at least 4 members (excludes halogenated alkanes) is 6. The van der Waals surface area contributed by atoms with E-state index < -0.39 is 0 Å².